The molecule has 0 saturated carbocycles. The average Bonchev–Trinajstić information content (AvgIpc) is 2.81. The molecule has 0 N–H and O–H groups in total. The van der Waals surface area contributed by atoms with E-state index in [0.717, 1.165) is 23.3 Å². The van der Waals surface area contributed by atoms with Gasteiger partial charge < -0.3 is 13.6 Å². The summed E-state index contributed by atoms with van der Waals surface area (Å²) in [6, 6.07) is 4.21. The van der Waals surface area contributed by atoms with Gasteiger partial charge in [0.1, 0.15) is 12.4 Å². The Morgan fingerprint density at radius 3 is 2.38 bits per heavy atom. The number of benzene rings is 1. The van der Waals surface area contributed by atoms with E-state index in [1.807, 2.05) is 13.0 Å². The van der Waals surface area contributed by atoms with Crippen molar-refractivity contribution in [3.8, 4) is 5.75 Å². The SMILES string of the molecule is C=C(CC(C)(C)c1c(C)cc(C)cc1OCc1oc(=O)oc1C)C(C)C. The molecule has 1 aromatic heterocycles. The van der Waals surface area contributed by atoms with Crippen molar-refractivity contribution in [3.63, 3.8) is 0 Å². The standard InChI is InChI=1S/C22H30O4/c1-13(2)16(5)11-22(7,8)20-15(4)9-14(3)10-18(20)24-12-19-17(6)25-21(23)26-19/h9-10,13H,5,11-12H2,1-4,6-8H3. The zero-order valence-corrected chi connectivity index (χ0v) is 17.0. The molecule has 4 heteroatoms. The minimum Gasteiger partial charge on any atom is -0.485 e. The number of hydrogen-bond donors (Lipinski definition) is 0. The third-order valence-corrected chi connectivity index (χ3v) is 4.80. The maximum Gasteiger partial charge on any atom is 0.519 e. The summed E-state index contributed by atoms with van der Waals surface area (Å²) in [5.74, 6) is 1.42. The number of aryl methyl sites for hydroxylation is 3. The van der Waals surface area contributed by atoms with E-state index in [0.29, 0.717) is 17.4 Å². The van der Waals surface area contributed by atoms with E-state index >= 15 is 0 Å². The molecule has 0 atom stereocenters. The Kier molecular flexibility index (Phi) is 5.84. The maximum atomic E-state index is 11.2. The van der Waals surface area contributed by atoms with Crippen molar-refractivity contribution in [3.05, 3.63) is 63.1 Å². The van der Waals surface area contributed by atoms with E-state index in [4.69, 9.17) is 13.6 Å². The number of rotatable bonds is 7. The number of ether oxygens (including phenoxy) is 1. The average molecular weight is 358 g/mol. The van der Waals surface area contributed by atoms with Crippen LogP contribution in [0.1, 0.15) is 62.3 Å². The highest BCUT2D eigenvalue weighted by atomic mass is 16.6. The lowest BCUT2D eigenvalue weighted by molar-refractivity contribution is 0.255. The molecular formula is C22H30O4. The number of hydrogen-bond acceptors (Lipinski definition) is 4. The third kappa shape index (κ3) is 4.48. The van der Waals surface area contributed by atoms with Crippen molar-refractivity contribution in [2.75, 3.05) is 0 Å². The van der Waals surface area contributed by atoms with E-state index in [1.165, 1.54) is 11.1 Å². The summed E-state index contributed by atoms with van der Waals surface area (Å²) in [5, 5.41) is 0. The van der Waals surface area contributed by atoms with Gasteiger partial charge in [-0.3, -0.25) is 0 Å². The highest BCUT2D eigenvalue weighted by molar-refractivity contribution is 5.48. The van der Waals surface area contributed by atoms with Crippen LogP contribution in [0, 0.1) is 26.7 Å². The first-order chi connectivity index (χ1) is 12.0. The molecular weight excluding hydrogens is 328 g/mol. The van der Waals surface area contributed by atoms with Crippen LogP contribution in [0.5, 0.6) is 5.75 Å². The van der Waals surface area contributed by atoms with Crippen LogP contribution in [-0.4, -0.2) is 0 Å². The van der Waals surface area contributed by atoms with Crippen LogP contribution < -0.4 is 10.6 Å². The summed E-state index contributed by atoms with van der Waals surface area (Å²) in [7, 11) is 0. The molecule has 0 unspecified atom stereocenters. The first-order valence-corrected chi connectivity index (χ1v) is 9.03. The van der Waals surface area contributed by atoms with Gasteiger partial charge in [-0.2, -0.15) is 0 Å². The van der Waals surface area contributed by atoms with Crippen molar-refractivity contribution >= 4 is 0 Å². The van der Waals surface area contributed by atoms with Crippen LogP contribution in [0.15, 0.2) is 37.9 Å². The first kappa shape index (κ1) is 20.1. The molecule has 0 aliphatic rings. The molecule has 1 heterocycles. The van der Waals surface area contributed by atoms with Gasteiger partial charge >= 0.3 is 5.82 Å². The summed E-state index contributed by atoms with van der Waals surface area (Å²) in [5.41, 5.74) is 4.57. The van der Waals surface area contributed by atoms with Gasteiger partial charge in [-0.15, -0.1) is 0 Å². The molecule has 0 radical (unpaired) electrons. The van der Waals surface area contributed by atoms with Crippen LogP contribution >= 0.6 is 0 Å². The highest BCUT2D eigenvalue weighted by Gasteiger charge is 2.28. The zero-order valence-electron chi connectivity index (χ0n) is 17.0. The Labute approximate surface area is 155 Å². The van der Waals surface area contributed by atoms with Gasteiger partial charge in [0.2, 0.25) is 0 Å². The second kappa shape index (κ2) is 7.56. The molecule has 1 aromatic carbocycles. The molecule has 0 fully saturated rings. The van der Waals surface area contributed by atoms with Crippen molar-refractivity contribution in [2.24, 2.45) is 5.92 Å². The number of allylic oxidation sites excluding steroid dienone is 1. The largest absolute Gasteiger partial charge is 0.519 e. The van der Waals surface area contributed by atoms with Crippen LogP contribution in [0.2, 0.25) is 0 Å². The van der Waals surface area contributed by atoms with Crippen molar-refractivity contribution in [1.29, 1.82) is 0 Å². The summed E-state index contributed by atoms with van der Waals surface area (Å²) in [6.07, 6.45) is 0.880. The molecule has 0 saturated heterocycles. The summed E-state index contributed by atoms with van der Waals surface area (Å²) in [6.45, 7) is 19.0. The molecule has 2 aromatic rings. The van der Waals surface area contributed by atoms with Gasteiger partial charge in [0.05, 0.1) is 0 Å². The summed E-state index contributed by atoms with van der Waals surface area (Å²) >= 11 is 0. The van der Waals surface area contributed by atoms with Crippen LogP contribution in [-0.2, 0) is 12.0 Å². The molecule has 0 amide bonds. The Morgan fingerprint density at radius 2 is 1.85 bits per heavy atom. The Morgan fingerprint density at radius 1 is 1.19 bits per heavy atom. The van der Waals surface area contributed by atoms with Crippen molar-refractivity contribution < 1.29 is 13.6 Å². The lowest BCUT2D eigenvalue weighted by Gasteiger charge is -2.31. The normalized spacial score (nSPS) is 11.8. The maximum absolute atomic E-state index is 11.2. The van der Waals surface area contributed by atoms with Crippen molar-refractivity contribution in [2.45, 2.75) is 66.9 Å². The lowest BCUT2D eigenvalue weighted by atomic mass is 9.75. The van der Waals surface area contributed by atoms with Gasteiger partial charge in [-0.25, -0.2) is 4.79 Å². The van der Waals surface area contributed by atoms with Gasteiger partial charge in [-0.1, -0.05) is 45.9 Å². The van der Waals surface area contributed by atoms with Crippen LogP contribution in [0.3, 0.4) is 0 Å². The molecule has 2 rings (SSSR count). The van der Waals surface area contributed by atoms with E-state index in [2.05, 4.69) is 47.3 Å². The zero-order chi connectivity index (χ0) is 19.6. The highest BCUT2D eigenvalue weighted by Crippen LogP contribution is 2.40. The fraction of sp³-hybridized carbons (Fsp3) is 0.500. The van der Waals surface area contributed by atoms with E-state index in [-0.39, 0.29) is 12.0 Å². The monoisotopic (exact) mass is 358 g/mol. The molecule has 26 heavy (non-hydrogen) atoms. The Balaban J connectivity index is 2.38. The smallest absolute Gasteiger partial charge is 0.485 e. The van der Waals surface area contributed by atoms with Gasteiger partial charge in [0.15, 0.2) is 11.5 Å². The molecule has 4 nitrogen and oxygen atoms in total. The molecule has 142 valence electrons. The van der Waals surface area contributed by atoms with E-state index in [1.54, 1.807) is 6.92 Å². The van der Waals surface area contributed by atoms with Crippen molar-refractivity contribution in [1.82, 2.24) is 0 Å². The minimum atomic E-state index is -0.699. The quantitative estimate of drug-likeness (QED) is 0.603. The topological polar surface area (TPSA) is 52.6 Å². The lowest BCUT2D eigenvalue weighted by Crippen LogP contribution is -2.22. The van der Waals surface area contributed by atoms with Gasteiger partial charge in [-0.05, 0) is 55.7 Å². The second-order valence-electron chi connectivity index (χ2n) is 8.05. The van der Waals surface area contributed by atoms with Crippen LogP contribution in [0.25, 0.3) is 0 Å². The minimum absolute atomic E-state index is 0.124. The third-order valence-electron chi connectivity index (χ3n) is 4.80. The summed E-state index contributed by atoms with van der Waals surface area (Å²) in [4.78, 5) is 11.2. The van der Waals surface area contributed by atoms with E-state index in [9.17, 15) is 4.79 Å². The second-order valence-corrected chi connectivity index (χ2v) is 8.05. The Hall–Kier alpha value is -2.23. The van der Waals surface area contributed by atoms with Gasteiger partial charge in [0.25, 0.3) is 0 Å². The van der Waals surface area contributed by atoms with Gasteiger partial charge in [0, 0.05) is 5.56 Å². The molecule has 0 bridgehead atoms. The molecule has 0 spiro atoms. The predicted molar refractivity (Wildman–Crippen MR) is 104 cm³/mol. The van der Waals surface area contributed by atoms with Crippen LogP contribution in [0.4, 0.5) is 0 Å². The molecule has 0 aliphatic carbocycles. The molecule has 0 aliphatic heterocycles. The predicted octanol–water partition coefficient (Wildman–Crippen LogP) is 5.62. The summed E-state index contributed by atoms with van der Waals surface area (Å²) < 4.78 is 16.1. The van der Waals surface area contributed by atoms with E-state index < -0.39 is 5.82 Å². The fourth-order valence-electron chi connectivity index (χ4n) is 3.42. The first-order valence-electron chi connectivity index (χ1n) is 9.03. The Bertz CT molecular complexity index is 850. The fourth-order valence-corrected chi connectivity index (χ4v) is 3.42.